The van der Waals surface area contributed by atoms with Crippen LogP contribution in [-0.2, 0) is 12.0 Å². The molecule has 0 saturated carbocycles. The number of hydrogen-bond donors (Lipinski definition) is 2. The monoisotopic (exact) mass is 361 g/mol. The third-order valence-corrected chi connectivity index (χ3v) is 6.53. The van der Waals surface area contributed by atoms with E-state index in [2.05, 4.69) is 53.5 Å². The summed E-state index contributed by atoms with van der Waals surface area (Å²) in [6.07, 6.45) is 4.26. The zero-order chi connectivity index (χ0) is 18.6. The number of hydrogen-bond acceptors (Lipinski definition) is 3. The van der Waals surface area contributed by atoms with Crippen molar-refractivity contribution in [3.63, 3.8) is 0 Å². The minimum atomic E-state index is -0.351. The lowest BCUT2D eigenvalue weighted by Crippen LogP contribution is -2.58. The lowest BCUT2D eigenvalue weighted by Gasteiger charge is -2.50. The van der Waals surface area contributed by atoms with Gasteiger partial charge in [-0.3, -0.25) is 0 Å². The summed E-state index contributed by atoms with van der Waals surface area (Å²) in [4.78, 5) is 5.92. The van der Waals surface area contributed by atoms with E-state index in [0.717, 1.165) is 25.1 Å². The molecule has 3 N–H and O–H groups in total. The minimum Gasteiger partial charge on any atom is -0.494 e. The molecule has 5 rings (SSSR count). The number of aromatic amines is 1. The average Bonchev–Trinajstić information content (AvgIpc) is 3.08. The Morgan fingerprint density at radius 3 is 2.81 bits per heavy atom. The molecule has 0 radical (unpaired) electrons. The first-order valence-corrected chi connectivity index (χ1v) is 9.90. The number of nitrogens with zero attached hydrogens (tertiary/aromatic N) is 1. The molecule has 2 aromatic carbocycles. The van der Waals surface area contributed by atoms with Crippen LogP contribution in [0.2, 0.25) is 0 Å². The number of nitrogens with two attached hydrogens (primary N) is 1. The Bertz CT molecular complexity index is 977. The van der Waals surface area contributed by atoms with Crippen molar-refractivity contribution in [2.24, 2.45) is 5.73 Å². The van der Waals surface area contributed by atoms with Crippen LogP contribution in [0.15, 0.2) is 48.7 Å². The predicted octanol–water partition coefficient (Wildman–Crippen LogP) is 3.76. The third-order valence-electron chi connectivity index (χ3n) is 6.53. The number of piperidine rings is 1. The van der Waals surface area contributed by atoms with E-state index in [1.165, 1.54) is 27.6 Å². The highest BCUT2D eigenvalue weighted by Gasteiger charge is 2.45. The second kappa shape index (κ2) is 6.11. The highest BCUT2D eigenvalue weighted by atomic mass is 16.5. The van der Waals surface area contributed by atoms with Crippen LogP contribution < -0.4 is 10.5 Å². The maximum Gasteiger partial charge on any atom is 0.119 e. The average molecular weight is 361 g/mol. The van der Waals surface area contributed by atoms with E-state index in [1.54, 1.807) is 0 Å². The van der Waals surface area contributed by atoms with Crippen LogP contribution in [0.5, 0.6) is 5.75 Å². The third kappa shape index (κ3) is 2.59. The number of ether oxygens (including phenoxy) is 1. The van der Waals surface area contributed by atoms with Gasteiger partial charge in [0.05, 0.1) is 12.1 Å². The van der Waals surface area contributed by atoms with Crippen molar-refractivity contribution in [2.75, 3.05) is 20.2 Å². The Morgan fingerprint density at radius 1 is 1.22 bits per heavy atom. The van der Waals surface area contributed by atoms with Crippen molar-refractivity contribution < 1.29 is 4.74 Å². The van der Waals surface area contributed by atoms with Gasteiger partial charge in [-0.1, -0.05) is 24.3 Å². The van der Waals surface area contributed by atoms with Gasteiger partial charge in [0.15, 0.2) is 0 Å². The number of fused-ring (bicyclic) bond motifs is 2. The zero-order valence-electron chi connectivity index (χ0n) is 16.0. The van der Waals surface area contributed by atoms with Crippen molar-refractivity contribution in [3.05, 3.63) is 65.4 Å². The second-order valence-electron chi connectivity index (χ2n) is 8.19. The van der Waals surface area contributed by atoms with Crippen LogP contribution >= 0.6 is 0 Å². The molecule has 0 unspecified atom stereocenters. The van der Waals surface area contributed by atoms with Crippen LogP contribution in [0.4, 0.5) is 0 Å². The van der Waals surface area contributed by atoms with E-state index >= 15 is 0 Å². The molecule has 2 aliphatic rings. The number of likely N-dealkylation sites (N-methyl/N-ethyl adjacent to an activating group) is 1. The van der Waals surface area contributed by atoms with Gasteiger partial charge in [0.1, 0.15) is 5.75 Å². The molecule has 0 bridgehead atoms. The van der Waals surface area contributed by atoms with Gasteiger partial charge in [0.25, 0.3) is 0 Å². The van der Waals surface area contributed by atoms with Crippen LogP contribution in [-0.4, -0.2) is 36.1 Å². The Balaban J connectivity index is 1.54. The fraction of sp³-hybridized carbons (Fsp3) is 0.391. The quantitative estimate of drug-likeness (QED) is 0.747. The smallest absolute Gasteiger partial charge is 0.119 e. The zero-order valence-corrected chi connectivity index (χ0v) is 16.0. The van der Waals surface area contributed by atoms with Crippen molar-refractivity contribution in [2.45, 2.75) is 37.3 Å². The summed E-state index contributed by atoms with van der Waals surface area (Å²) < 4.78 is 5.60. The lowest BCUT2D eigenvalue weighted by molar-refractivity contribution is 0.0913. The van der Waals surface area contributed by atoms with Gasteiger partial charge in [-0.15, -0.1) is 0 Å². The van der Waals surface area contributed by atoms with Gasteiger partial charge < -0.3 is 20.4 Å². The molecule has 2 heterocycles. The molecule has 3 atom stereocenters. The number of nitrogens with one attached hydrogen (secondary N) is 1. The van der Waals surface area contributed by atoms with E-state index in [4.69, 9.17) is 10.5 Å². The summed E-state index contributed by atoms with van der Waals surface area (Å²) in [6.45, 7) is 3.56. The van der Waals surface area contributed by atoms with Gasteiger partial charge >= 0.3 is 0 Å². The van der Waals surface area contributed by atoms with Crippen molar-refractivity contribution in [1.82, 2.24) is 9.88 Å². The molecule has 1 aromatic heterocycles. The van der Waals surface area contributed by atoms with Gasteiger partial charge in [-0.25, -0.2) is 0 Å². The molecular formula is C23H27N3O. The van der Waals surface area contributed by atoms with Crippen LogP contribution in [0.3, 0.4) is 0 Å². The van der Waals surface area contributed by atoms with E-state index in [1.807, 2.05) is 19.1 Å². The number of likely N-dealkylation sites (tertiary alicyclic amines) is 1. The van der Waals surface area contributed by atoms with E-state index in [9.17, 15) is 0 Å². The molecule has 27 heavy (non-hydrogen) atoms. The normalized spacial score (nSPS) is 27.5. The lowest BCUT2D eigenvalue weighted by atomic mass is 9.68. The highest BCUT2D eigenvalue weighted by molar-refractivity contribution is 5.88. The molecule has 0 amide bonds. The Hall–Kier alpha value is -2.30. The molecule has 140 valence electrons. The van der Waals surface area contributed by atoms with E-state index < -0.39 is 0 Å². The Kier molecular flexibility index (Phi) is 3.81. The molecule has 3 aromatic rings. The molecule has 4 heteroatoms. The molecule has 1 fully saturated rings. The van der Waals surface area contributed by atoms with E-state index in [-0.39, 0.29) is 5.54 Å². The predicted molar refractivity (Wildman–Crippen MR) is 109 cm³/mol. The Labute approximate surface area is 160 Å². The second-order valence-corrected chi connectivity index (χ2v) is 8.19. The van der Waals surface area contributed by atoms with Crippen LogP contribution in [0.1, 0.15) is 36.0 Å². The van der Waals surface area contributed by atoms with Crippen LogP contribution in [0, 0.1) is 0 Å². The van der Waals surface area contributed by atoms with Crippen molar-refractivity contribution in [1.29, 1.82) is 0 Å². The molecule has 1 aliphatic heterocycles. The summed E-state index contributed by atoms with van der Waals surface area (Å²) in [5.41, 5.74) is 12.0. The number of aromatic nitrogens is 1. The number of rotatable bonds is 3. The van der Waals surface area contributed by atoms with Gasteiger partial charge in [-0.05, 0) is 61.7 Å². The van der Waals surface area contributed by atoms with Gasteiger partial charge in [0.2, 0.25) is 0 Å². The fourth-order valence-corrected chi connectivity index (χ4v) is 5.32. The van der Waals surface area contributed by atoms with Gasteiger partial charge in [0, 0.05) is 35.6 Å². The Morgan fingerprint density at radius 2 is 2.04 bits per heavy atom. The molecule has 1 aliphatic carbocycles. The maximum absolute atomic E-state index is 7.03. The maximum atomic E-state index is 7.03. The first kappa shape index (κ1) is 16.8. The molecular weight excluding hydrogens is 334 g/mol. The van der Waals surface area contributed by atoms with Gasteiger partial charge in [-0.2, -0.15) is 0 Å². The summed E-state index contributed by atoms with van der Waals surface area (Å²) in [5, 5.41) is 1.42. The van der Waals surface area contributed by atoms with Crippen molar-refractivity contribution >= 4 is 10.9 Å². The highest BCUT2D eigenvalue weighted by Crippen LogP contribution is 2.47. The summed E-state index contributed by atoms with van der Waals surface area (Å²) in [5.74, 6) is 1.36. The summed E-state index contributed by atoms with van der Waals surface area (Å²) in [6, 6.07) is 15.5. The molecule has 0 spiro atoms. The summed E-state index contributed by atoms with van der Waals surface area (Å²) in [7, 11) is 2.23. The molecule has 4 nitrogen and oxygen atoms in total. The standard InChI is InChI=1S/C23H27N3O/c1-3-27-17-9-7-16(8-10-17)23(24)12-19-18-5-4-6-20-22(18)15(13-25-20)11-21(19)26(2)14-23/h4-10,13,19,21,25H,3,11-12,14,24H2,1-2H3/t19-,21+,23-/m0/s1. The number of H-pyrrole nitrogens is 1. The largest absolute Gasteiger partial charge is 0.494 e. The van der Waals surface area contributed by atoms with E-state index in [0.29, 0.717) is 18.6 Å². The van der Waals surface area contributed by atoms with Crippen molar-refractivity contribution in [3.8, 4) is 5.75 Å². The topological polar surface area (TPSA) is 54.3 Å². The first-order valence-electron chi connectivity index (χ1n) is 9.90. The first-order chi connectivity index (χ1) is 13.1. The SMILES string of the molecule is CCOc1ccc([C@]2(N)C[C@H]3c4cccc5[nH]cc(c45)C[C@H]3N(C)C2)cc1. The summed E-state index contributed by atoms with van der Waals surface area (Å²) >= 11 is 0. The van der Waals surface area contributed by atoms with Crippen LogP contribution in [0.25, 0.3) is 10.9 Å². The minimum absolute atomic E-state index is 0.351. The molecule has 1 saturated heterocycles. The number of benzene rings is 2. The fourth-order valence-electron chi connectivity index (χ4n) is 5.32.